The zero-order chi connectivity index (χ0) is 28.3. The Kier molecular flexibility index (Phi) is 6.01. The lowest BCUT2D eigenvalue weighted by atomic mass is 9.78. The van der Waals surface area contributed by atoms with Crippen LogP contribution in [0.1, 0.15) is 45.9 Å². The van der Waals surface area contributed by atoms with Crippen LogP contribution in [0.5, 0.6) is 46.0 Å². The average Bonchev–Trinajstić information content (AvgIpc) is 2.92. The largest absolute Gasteiger partial charge is 0.508 e. The van der Waals surface area contributed by atoms with Crippen molar-refractivity contribution in [3.05, 3.63) is 94.5 Å². The molecule has 5 atom stereocenters. The maximum Gasteiger partial charge on any atom is 0.157 e. The van der Waals surface area contributed by atoms with E-state index in [1.54, 1.807) is 12.1 Å². The Morgan fingerprint density at radius 1 is 0.600 bits per heavy atom. The van der Waals surface area contributed by atoms with Crippen molar-refractivity contribution in [1.82, 2.24) is 0 Å². The molecule has 2 aliphatic heterocycles. The van der Waals surface area contributed by atoms with Crippen molar-refractivity contribution in [2.75, 3.05) is 0 Å². The second-order valence-corrected chi connectivity index (χ2v) is 10.0. The first kappa shape index (κ1) is 25.5. The summed E-state index contributed by atoms with van der Waals surface area (Å²) in [7, 11) is 0. The molecule has 0 unspecified atom stereocenters. The van der Waals surface area contributed by atoms with Crippen LogP contribution in [0.15, 0.2) is 66.7 Å². The maximum atomic E-state index is 11.6. The number of aliphatic hydroxyl groups excluding tert-OH is 2. The standard InChI is InChI=1S/C30H26O10/c31-15-4-1-13(2-5-15)30-28(38)25(17-7-6-16(32)10-23(17)40-30)26-21(35)12-24-18(27(26)37)11-22(36)29(39-24)14-3-8-19(33)20(34)9-14/h1-10,12,22,25,28-38H,11H2/t22-,25+,28-,29+,30+/m0/s1. The van der Waals surface area contributed by atoms with E-state index in [1.807, 2.05) is 0 Å². The summed E-state index contributed by atoms with van der Waals surface area (Å²) in [5.74, 6) is -2.22. The van der Waals surface area contributed by atoms with Gasteiger partial charge in [0.25, 0.3) is 0 Å². The molecule has 0 amide bonds. The van der Waals surface area contributed by atoms with Gasteiger partial charge in [-0.25, -0.2) is 0 Å². The van der Waals surface area contributed by atoms with Crippen LogP contribution in [0.3, 0.4) is 0 Å². The van der Waals surface area contributed by atoms with Crippen LogP contribution in [0.2, 0.25) is 0 Å². The van der Waals surface area contributed by atoms with Crippen LogP contribution in [-0.4, -0.2) is 53.1 Å². The third-order valence-electron chi connectivity index (χ3n) is 7.50. The summed E-state index contributed by atoms with van der Waals surface area (Å²) in [6.45, 7) is 0. The summed E-state index contributed by atoms with van der Waals surface area (Å²) in [4.78, 5) is 0. The van der Waals surface area contributed by atoms with Crippen LogP contribution in [0, 0.1) is 0 Å². The smallest absolute Gasteiger partial charge is 0.157 e. The summed E-state index contributed by atoms with van der Waals surface area (Å²) in [6.07, 6.45) is -4.50. The lowest BCUT2D eigenvalue weighted by molar-refractivity contribution is 0.00667. The van der Waals surface area contributed by atoms with Crippen LogP contribution < -0.4 is 9.47 Å². The van der Waals surface area contributed by atoms with Crippen LogP contribution in [0.25, 0.3) is 0 Å². The Bertz CT molecular complexity index is 1600. The lowest BCUT2D eigenvalue weighted by Crippen LogP contribution is -2.35. The number of hydrogen-bond acceptors (Lipinski definition) is 10. The van der Waals surface area contributed by atoms with Crippen LogP contribution in [-0.2, 0) is 6.42 Å². The molecule has 4 aromatic rings. The van der Waals surface area contributed by atoms with Gasteiger partial charge in [-0.3, -0.25) is 0 Å². The topological polar surface area (TPSA) is 180 Å². The van der Waals surface area contributed by atoms with E-state index in [9.17, 15) is 40.9 Å². The highest BCUT2D eigenvalue weighted by atomic mass is 16.5. The van der Waals surface area contributed by atoms with E-state index in [1.165, 1.54) is 54.6 Å². The molecular formula is C30H26O10. The molecule has 10 heteroatoms. The maximum absolute atomic E-state index is 11.6. The Morgan fingerprint density at radius 2 is 1.27 bits per heavy atom. The third kappa shape index (κ3) is 4.14. The van der Waals surface area contributed by atoms with Crippen LogP contribution >= 0.6 is 0 Å². The van der Waals surface area contributed by atoms with Crippen LogP contribution in [0.4, 0.5) is 0 Å². The highest BCUT2D eigenvalue weighted by molar-refractivity contribution is 5.63. The summed E-state index contributed by atoms with van der Waals surface area (Å²) in [5, 5.41) is 84.5. The molecule has 0 aromatic heterocycles. The van der Waals surface area contributed by atoms with Gasteiger partial charge in [-0.2, -0.15) is 0 Å². The van der Waals surface area contributed by atoms with Gasteiger partial charge in [0.1, 0.15) is 46.7 Å². The summed E-state index contributed by atoms with van der Waals surface area (Å²) in [5.41, 5.74) is 1.49. The minimum Gasteiger partial charge on any atom is -0.508 e. The first-order valence-electron chi connectivity index (χ1n) is 12.5. The first-order chi connectivity index (χ1) is 19.1. The molecule has 4 aromatic carbocycles. The van der Waals surface area contributed by atoms with Gasteiger partial charge in [0.2, 0.25) is 0 Å². The van der Waals surface area contributed by atoms with Crippen molar-refractivity contribution in [2.45, 2.75) is 36.8 Å². The fourth-order valence-corrected chi connectivity index (χ4v) is 5.54. The number of ether oxygens (including phenoxy) is 2. The highest BCUT2D eigenvalue weighted by Crippen LogP contribution is 2.54. The SMILES string of the molecule is Oc1ccc([C@H]2Oc3cc(O)ccc3[C@H](c3c(O)cc4c(c3O)C[C@H](O)[C@@H](c3ccc(O)c(O)c3)O4)[C@@H]2O)cc1. The summed E-state index contributed by atoms with van der Waals surface area (Å²) < 4.78 is 12.0. The van der Waals surface area contributed by atoms with Gasteiger partial charge < -0.3 is 50.3 Å². The third-order valence-corrected chi connectivity index (χ3v) is 7.50. The zero-order valence-electron chi connectivity index (χ0n) is 20.8. The van der Waals surface area contributed by atoms with Crippen molar-refractivity contribution < 1.29 is 50.3 Å². The number of aromatic hydroxyl groups is 6. The predicted octanol–water partition coefficient (Wildman–Crippen LogP) is 3.58. The van der Waals surface area contributed by atoms with E-state index in [2.05, 4.69) is 0 Å². The highest BCUT2D eigenvalue weighted by Gasteiger charge is 2.43. The van der Waals surface area contributed by atoms with E-state index in [4.69, 9.17) is 9.47 Å². The number of fused-ring (bicyclic) bond motifs is 2. The second kappa shape index (κ2) is 9.44. The molecule has 40 heavy (non-hydrogen) atoms. The van der Waals surface area contributed by atoms with Crippen molar-refractivity contribution in [3.8, 4) is 46.0 Å². The van der Waals surface area contributed by atoms with Crippen molar-refractivity contribution >= 4 is 0 Å². The average molecular weight is 547 g/mol. The number of benzene rings is 4. The fourth-order valence-electron chi connectivity index (χ4n) is 5.54. The van der Waals surface area contributed by atoms with E-state index in [0.29, 0.717) is 16.7 Å². The Hall–Kier alpha value is -4.80. The minimum atomic E-state index is -1.32. The molecule has 8 N–H and O–H groups in total. The molecule has 0 radical (unpaired) electrons. The Balaban J connectivity index is 1.44. The summed E-state index contributed by atoms with van der Waals surface area (Å²) >= 11 is 0. The second-order valence-electron chi connectivity index (χ2n) is 10.0. The lowest BCUT2D eigenvalue weighted by Gasteiger charge is -2.39. The minimum absolute atomic E-state index is 0.0122. The van der Waals surface area contributed by atoms with Gasteiger partial charge in [0.15, 0.2) is 17.6 Å². The Labute approximate surface area is 227 Å². The van der Waals surface area contributed by atoms with E-state index < -0.39 is 30.3 Å². The monoisotopic (exact) mass is 546 g/mol. The molecule has 2 aliphatic rings. The van der Waals surface area contributed by atoms with Crippen molar-refractivity contribution in [1.29, 1.82) is 0 Å². The number of hydrogen-bond donors (Lipinski definition) is 8. The molecule has 0 aliphatic carbocycles. The van der Waals surface area contributed by atoms with E-state index >= 15 is 0 Å². The molecular weight excluding hydrogens is 520 g/mol. The molecule has 6 rings (SSSR count). The normalized spacial score (nSPS) is 23.4. The van der Waals surface area contributed by atoms with Gasteiger partial charge in [-0.05, 0) is 41.5 Å². The van der Waals surface area contributed by atoms with Crippen molar-refractivity contribution in [2.24, 2.45) is 0 Å². The number of rotatable bonds is 3. The molecule has 0 bridgehead atoms. The predicted molar refractivity (Wildman–Crippen MR) is 140 cm³/mol. The van der Waals surface area contributed by atoms with Gasteiger partial charge in [0.05, 0.1) is 6.10 Å². The zero-order valence-corrected chi connectivity index (χ0v) is 20.8. The molecule has 206 valence electrons. The van der Waals surface area contributed by atoms with Crippen molar-refractivity contribution in [3.63, 3.8) is 0 Å². The quantitative estimate of drug-likeness (QED) is 0.177. The number of phenols is 6. The van der Waals surface area contributed by atoms with E-state index in [0.717, 1.165) is 0 Å². The van der Waals surface area contributed by atoms with Gasteiger partial charge in [-0.15, -0.1) is 0 Å². The number of aliphatic hydroxyl groups is 2. The van der Waals surface area contributed by atoms with Gasteiger partial charge in [0, 0.05) is 41.2 Å². The molecule has 2 heterocycles. The molecule has 0 saturated heterocycles. The fraction of sp³-hybridized carbons (Fsp3) is 0.200. The van der Waals surface area contributed by atoms with Gasteiger partial charge in [-0.1, -0.05) is 24.3 Å². The van der Waals surface area contributed by atoms with Gasteiger partial charge >= 0.3 is 0 Å². The summed E-state index contributed by atoms with van der Waals surface area (Å²) in [6, 6.07) is 15.6. The van der Waals surface area contributed by atoms with E-state index in [-0.39, 0.29) is 63.5 Å². The molecule has 0 saturated carbocycles. The Morgan fingerprint density at radius 3 is 2.00 bits per heavy atom. The molecule has 0 spiro atoms. The molecule has 10 nitrogen and oxygen atoms in total. The first-order valence-corrected chi connectivity index (χ1v) is 12.5. The molecule has 0 fully saturated rings. The number of phenolic OH excluding ortho intramolecular Hbond substituents is 6.